The van der Waals surface area contributed by atoms with Crippen molar-refractivity contribution in [2.75, 3.05) is 13.2 Å². The smallest absolute Gasteiger partial charge is 0.293 e. The lowest BCUT2D eigenvalue weighted by Crippen LogP contribution is -2.44. The Hall–Kier alpha value is -1.63. The standard InChI is InChI=1S/C16H24N4O2/c1-5-11(6-2)12-14(9-17)13(19)20-16(21-7-3,22-8-4)15(12,14)10-18/h11-12H,5-8H2,1-4H3,(H2,19,20)/t12-,14-,15-/m1/s1. The monoisotopic (exact) mass is 304 g/mol. The Morgan fingerprint density at radius 1 is 1.14 bits per heavy atom. The number of ether oxygens (including phenoxy) is 2. The lowest BCUT2D eigenvalue weighted by atomic mass is 9.89. The van der Waals surface area contributed by atoms with Crippen molar-refractivity contribution in [3.8, 4) is 12.1 Å². The maximum Gasteiger partial charge on any atom is 0.293 e. The molecule has 1 aliphatic heterocycles. The molecule has 1 fully saturated rings. The van der Waals surface area contributed by atoms with Gasteiger partial charge in [-0.2, -0.15) is 10.5 Å². The zero-order chi connectivity index (χ0) is 16.6. The molecule has 0 aromatic carbocycles. The average Bonchev–Trinajstić information content (AvgIpc) is 3.07. The molecule has 2 aliphatic rings. The SMILES string of the molecule is CCOC1(OCC)N=C(N)[C@@]2(C#N)[C@@H](C(CC)CC)[C@@]12C#N. The number of aliphatic imine (C=N–C) groups is 1. The molecule has 0 amide bonds. The molecule has 0 radical (unpaired) electrons. The molecule has 0 bridgehead atoms. The minimum absolute atomic E-state index is 0.176. The fraction of sp³-hybridized carbons (Fsp3) is 0.812. The first kappa shape index (κ1) is 16.7. The molecule has 6 heteroatoms. The first-order valence-corrected chi connectivity index (χ1v) is 7.97. The summed E-state index contributed by atoms with van der Waals surface area (Å²) in [5, 5.41) is 19.8. The summed E-state index contributed by atoms with van der Waals surface area (Å²) in [5.74, 6) is -1.29. The second-order valence-corrected chi connectivity index (χ2v) is 5.84. The van der Waals surface area contributed by atoms with Gasteiger partial charge in [0, 0.05) is 19.1 Å². The van der Waals surface area contributed by atoms with Crippen molar-refractivity contribution in [1.29, 1.82) is 10.5 Å². The van der Waals surface area contributed by atoms with Gasteiger partial charge in [-0.1, -0.05) is 26.7 Å². The normalized spacial score (nSPS) is 34.7. The van der Waals surface area contributed by atoms with E-state index in [1.807, 2.05) is 13.8 Å². The Labute approximate surface area is 131 Å². The van der Waals surface area contributed by atoms with Crippen LogP contribution in [0.2, 0.25) is 0 Å². The van der Waals surface area contributed by atoms with Crippen LogP contribution in [0.5, 0.6) is 0 Å². The van der Waals surface area contributed by atoms with Crippen molar-refractivity contribution in [3.63, 3.8) is 0 Å². The molecule has 0 aromatic rings. The predicted molar refractivity (Wildman–Crippen MR) is 81.3 cm³/mol. The van der Waals surface area contributed by atoms with Crippen LogP contribution in [0.4, 0.5) is 0 Å². The van der Waals surface area contributed by atoms with Crippen molar-refractivity contribution in [2.45, 2.75) is 46.4 Å². The second kappa shape index (κ2) is 5.53. The van der Waals surface area contributed by atoms with Crippen LogP contribution in [-0.4, -0.2) is 25.0 Å². The van der Waals surface area contributed by atoms with Crippen molar-refractivity contribution in [2.24, 2.45) is 33.4 Å². The summed E-state index contributed by atoms with van der Waals surface area (Å²) in [6, 6.07) is 4.62. The maximum absolute atomic E-state index is 9.99. The molecule has 0 spiro atoms. The lowest BCUT2D eigenvalue weighted by molar-refractivity contribution is -0.258. The highest BCUT2D eigenvalue weighted by Gasteiger charge is 2.94. The minimum atomic E-state index is -1.46. The Morgan fingerprint density at radius 3 is 2.05 bits per heavy atom. The van der Waals surface area contributed by atoms with E-state index >= 15 is 0 Å². The summed E-state index contributed by atoms with van der Waals surface area (Å²) in [7, 11) is 0. The topological polar surface area (TPSA) is 104 Å². The van der Waals surface area contributed by atoms with Crippen molar-refractivity contribution >= 4 is 5.84 Å². The van der Waals surface area contributed by atoms with Crippen LogP contribution in [0.25, 0.3) is 0 Å². The van der Waals surface area contributed by atoms with Gasteiger partial charge in [0.25, 0.3) is 5.91 Å². The van der Waals surface area contributed by atoms with Crippen molar-refractivity contribution in [1.82, 2.24) is 0 Å². The zero-order valence-electron chi connectivity index (χ0n) is 13.7. The molecule has 6 nitrogen and oxygen atoms in total. The quantitative estimate of drug-likeness (QED) is 0.726. The maximum atomic E-state index is 9.99. The summed E-state index contributed by atoms with van der Waals surface area (Å²) < 4.78 is 11.6. The molecule has 1 saturated carbocycles. The molecule has 0 unspecified atom stereocenters. The van der Waals surface area contributed by atoms with Gasteiger partial charge in [0.1, 0.15) is 11.3 Å². The number of fused-ring (bicyclic) bond motifs is 1. The lowest BCUT2D eigenvalue weighted by Gasteiger charge is -2.32. The molecule has 120 valence electrons. The van der Waals surface area contributed by atoms with E-state index in [0.717, 1.165) is 12.8 Å². The Balaban J connectivity index is 2.63. The van der Waals surface area contributed by atoms with Crippen LogP contribution < -0.4 is 5.73 Å². The minimum Gasteiger partial charge on any atom is -0.386 e. The van der Waals surface area contributed by atoms with Crippen LogP contribution in [-0.2, 0) is 9.47 Å². The number of nitrogens with zero attached hydrogens (tertiary/aromatic N) is 3. The van der Waals surface area contributed by atoms with Crippen molar-refractivity contribution in [3.05, 3.63) is 0 Å². The fourth-order valence-electron chi connectivity index (χ4n) is 4.28. The molecule has 22 heavy (non-hydrogen) atoms. The predicted octanol–water partition coefficient (Wildman–Crippen LogP) is 2.17. The Bertz CT molecular complexity index is 551. The second-order valence-electron chi connectivity index (χ2n) is 5.84. The number of amidine groups is 1. The van der Waals surface area contributed by atoms with E-state index in [0.29, 0.717) is 13.2 Å². The van der Waals surface area contributed by atoms with Gasteiger partial charge in [-0.25, -0.2) is 4.99 Å². The van der Waals surface area contributed by atoms with Gasteiger partial charge in [0.05, 0.1) is 12.1 Å². The van der Waals surface area contributed by atoms with Crippen LogP contribution in [0, 0.1) is 45.3 Å². The Morgan fingerprint density at radius 2 is 1.68 bits per heavy atom. The third-order valence-corrected chi connectivity index (χ3v) is 5.19. The van der Waals surface area contributed by atoms with E-state index in [-0.39, 0.29) is 17.7 Å². The summed E-state index contributed by atoms with van der Waals surface area (Å²) >= 11 is 0. The highest BCUT2D eigenvalue weighted by atomic mass is 16.7. The van der Waals surface area contributed by atoms with Gasteiger partial charge in [-0.3, -0.25) is 0 Å². The number of hydrogen-bond donors (Lipinski definition) is 1. The third kappa shape index (κ3) is 1.57. The van der Waals surface area contributed by atoms with E-state index in [4.69, 9.17) is 15.2 Å². The van der Waals surface area contributed by atoms with Gasteiger partial charge in [0.2, 0.25) is 0 Å². The molecule has 2 N–H and O–H groups in total. The van der Waals surface area contributed by atoms with Gasteiger partial charge in [-0.05, 0) is 19.8 Å². The van der Waals surface area contributed by atoms with Gasteiger partial charge in [0.15, 0.2) is 5.41 Å². The van der Waals surface area contributed by atoms with Crippen molar-refractivity contribution < 1.29 is 9.47 Å². The molecule has 3 atom stereocenters. The number of nitrogens with two attached hydrogens (primary N) is 1. The Kier molecular flexibility index (Phi) is 4.21. The number of hydrogen-bond acceptors (Lipinski definition) is 6. The van der Waals surface area contributed by atoms with Gasteiger partial charge in [-0.15, -0.1) is 0 Å². The van der Waals surface area contributed by atoms with E-state index in [1.54, 1.807) is 0 Å². The molecule has 0 aromatic heterocycles. The zero-order valence-corrected chi connectivity index (χ0v) is 13.7. The molecular formula is C16H24N4O2. The van der Waals surface area contributed by atoms with Crippen LogP contribution >= 0.6 is 0 Å². The van der Waals surface area contributed by atoms with E-state index < -0.39 is 16.7 Å². The summed E-state index contributed by atoms with van der Waals surface area (Å²) in [4.78, 5) is 4.32. The molecular weight excluding hydrogens is 280 g/mol. The largest absolute Gasteiger partial charge is 0.386 e. The van der Waals surface area contributed by atoms with Gasteiger partial charge < -0.3 is 15.2 Å². The van der Waals surface area contributed by atoms with E-state index in [2.05, 4.69) is 31.0 Å². The van der Waals surface area contributed by atoms with Gasteiger partial charge >= 0.3 is 0 Å². The fourth-order valence-corrected chi connectivity index (χ4v) is 4.28. The van der Waals surface area contributed by atoms with Crippen LogP contribution in [0.3, 0.4) is 0 Å². The summed E-state index contributed by atoms with van der Waals surface area (Å²) in [6.45, 7) is 8.43. The third-order valence-electron chi connectivity index (χ3n) is 5.19. The number of rotatable bonds is 7. The molecule has 2 rings (SSSR count). The summed E-state index contributed by atoms with van der Waals surface area (Å²) in [6.07, 6.45) is 1.74. The highest BCUT2D eigenvalue weighted by molar-refractivity contribution is 5.98. The first-order chi connectivity index (χ1) is 10.5. The molecule has 1 aliphatic carbocycles. The number of nitriles is 2. The van der Waals surface area contributed by atoms with Crippen LogP contribution in [0.1, 0.15) is 40.5 Å². The molecule has 0 saturated heterocycles. The van der Waals surface area contributed by atoms with E-state index in [9.17, 15) is 10.5 Å². The first-order valence-electron chi connectivity index (χ1n) is 7.97. The average molecular weight is 304 g/mol. The summed E-state index contributed by atoms with van der Waals surface area (Å²) in [5.41, 5.74) is 3.87. The highest BCUT2D eigenvalue weighted by Crippen LogP contribution is 2.80. The van der Waals surface area contributed by atoms with Crippen LogP contribution in [0.15, 0.2) is 4.99 Å². The molecule has 1 heterocycles. The van der Waals surface area contributed by atoms with E-state index in [1.165, 1.54) is 0 Å².